The van der Waals surface area contributed by atoms with Gasteiger partial charge in [-0.15, -0.1) is 11.3 Å². The lowest BCUT2D eigenvalue weighted by Gasteiger charge is -2.20. The summed E-state index contributed by atoms with van der Waals surface area (Å²) in [5, 5.41) is 8.27. The molecule has 4 rings (SSSR count). The average Bonchev–Trinajstić information content (AvgIpc) is 3.44. The Hall–Kier alpha value is -2.91. The number of ether oxygens (including phenoxy) is 1. The Morgan fingerprint density at radius 2 is 1.83 bits per heavy atom. The van der Waals surface area contributed by atoms with Crippen LogP contribution in [0.5, 0.6) is 5.75 Å². The fourth-order valence-corrected chi connectivity index (χ4v) is 3.61. The summed E-state index contributed by atoms with van der Waals surface area (Å²) in [7, 11) is 0. The number of hydrazine groups is 2. The summed E-state index contributed by atoms with van der Waals surface area (Å²) >= 11 is 1.62. The quantitative estimate of drug-likeness (QED) is 0.393. The number of rotatable bonds is 8. The van der Waals surface area contributed by atoms with E-state index in [2.05, 4.69) is 27.0 Å². The predicted molar refractivity (Wildman–Crippen MR) is 114 cm³/mol. The SMILES string of the molecule is O=C(NCc1cccs1)C1NNNC1Nc1ccc(OCc2ccccc2)cc1. The average molecular weight is 410 g/mol. The van der Waals surface area contributed by atoms with Crippen molar-refractivity contribution in [2.24, 2.45) is 0 Å². The Morgan fingerprint density at radius 3 is 2.59 bits per heavy atom. The Morgan fingerprint density at radius 1 is 1.00 bits per heavy atom. The summed E-state index contributed by atoms with van der Waals surface area (Å²) in [6, 6.07) is 21.2. The van der Waals surface area contributed by atoms with Crippen LogP contribution in [0.4, 0.5) is 5.69 Å². The van der Waals surface area contributed by atoms with E-state index >= 15 is 0 Å². The zero-order valence-electron chi connectivity index (χ0n) is 15.7. The first-order valence-corrected chi connectivity index (χ1v) is 10.3. The second kappa shape index (κ2) is 9.53. The first kappa shape index (κ1) is 19.4. The molecule has 150 valence electrons. The first-order chi connectivity index (χ1) is 14.3. The Kier molecular flexibility index (Phi) is 6.38. The fourth-order valence-electron chi connectivity index (χ4n) is 2.97. The van der Waals surface area contributed by atoms with Crippen molar-refractivity contribution in [2.45, 2.75) is 25.4 Å². The number of hydrogen-bond donors (Lipinski definition) is 5. The third-order valence-electron chi connectivity index (χ3n) is 4.51. The highest BCUT2D eigenvalue weighted by atomic mass is 32.1. The first-order valence-electron chi connectivity index (χ1n) is 9.37. The van der Waals surface area contributed by atoms with Gasteiger partial charge < -0.3 is 15.4 Å². The van der Waals surface area contributed by atoms with Gasteiger partial charge in [-0.3, -0.25) is 4.79 Å². The highest BCUT2D eigenvalue weighted by Crippen LogP contribution is 2.18. The molecule has 1 saturated heterocycles. The molecule has 1 aliphatic heterocycles. The molecule has 5 N–H and O–H groups in total. The van der Waals surface area contributed by atoms with E-state index in [-0.39, 0.29) is 12.1 Å². The number of hydrogen-bond acceptors (Lipinski definition) is 7. The summed E-state index contributed by atoms with van der Waals surface area (Å²) in [5.41, 5.74) is 10.8. The fraction of sp³-hybridized carbons (Fsp3) is 0.190. The van der Waals surface area contributed by atoms with E-state index < -0.39 is 6.04 Å². The molecule has 0 bridgehead atoms. The number of nitrogens with one attached hydrogen (secondary N) is 5. The molecule has 1 fully saturated rings. The molecule has 2 unspecified atom stereocenters. The number of carbonyl (C=O) groups excluding carboxylic acids is 1. The van der Waals surface area contributed by atoms with Gasteiger partial charge in [-0.1, -0.05) is 36.4 Å². The number of anilines is 1. The molecule has 2 aromatic carbocycles. The molecule has 3 aromatic rings. The van der Waals surface area contributed by atoms with Gasteiger partial charge in [0.2, 0.25) is 5.91 Å². The lowest BCUT2D eigenvalue weighted by atomic mass is 10.2. The Bertz CT molecular complexity index is 903. The van der Waals surface area contributed by atoms with Crippen molar-refractivity contribution in [3.8, 4) is 5.75 Å². The molecule has 0 aliphatic carbocycles. The molecule has 7 nitrogen and oxygen atoms in total. The van der Waals surface area contributed by atoms with Crippen LogP contribution in [-0.4, -0.2) is 18.1 Å². The van der Waals surface area contributed by atoms with Crippen molar-refractivity contribution in [3.05, 3.63) is 82.6 Å². The molecule has 1 amide bonds. The van der Waals surface area contributed by atoms with Crippen molar-refractivity contribution >= 4 is 22.9 Å². The van der Waals surface area contributed by atoms with Gasteiger partial charge in [0, 0.05) is 10.6 Å². The van der Waals surface area contributed by atoms with Crippen LogP contribution in [0.2, 0.25) is 0 Å². The van der Waals surface area contributed by atoms with Crippen LogP contribution in [0.1, 0.15) is 10.4 Å². The molecule has 0 saturated carbocycles. The molecular weight excluding hydrogens is 386 g/mol. The number of carbonyl (C=O) groups is 1. The standard InChI is InChI=1S/C21H23N5O2S/c27-21(22-13-18-7-4-12-29-18)19-20(25-26-24-19)23-16-8-10-17(11-9-16)28-14-15-5-2-1-3-6-15/h1-12,19-20,23-26H,13-14H2,(H,22,27). The van der Waals surface area contributed by atoms with Crippen LogP contribution < -0.4 is 31.8 Å². The van der Waals surface area contributed by atoms with Crippen molar-refractivity contribution in [3.63, 3.8) is 0 Å². The Labute approximate surface area is 173 Å². The van der Waals surface area contributed by atoms with Gasteiger partial charge in [-0.05, 0) is 41.3 Å². The lowest BCUT2D eigenvalue weighted by molar-refractivity contribution is -0.123. The van der Waals surface area contributed by atoms with Gasteiger partial charge in [0.25, 0.3) is 0 Å². The normalized spacial score (nSPS) is 18.3. The predicted octanol–water partition coefficient (Wildman–Crippen LogP) is 2.36. The second-order valence-electron chi connectivity index (χ2n) is 6.61. The minimum absolute atomic E-state index is 0.0868. The number of amides is 1. The molecule has 0 radical (unpaired) electrons. The van der Waals surface area contributed by atoms with Gasteiger partial charge in [0.1, 0.15) is 24.6 Å². The highest BCUT2D eigenvalue weighted by molar-refractivity contribution is 7.09. The van der Waals surface area contributed by atoms with E-state index in [1.807, 2.05) is 72.1 Å². The molecule has 8 heteroatoms. The lowest BCUT2D eigenvalue weighted by Crippen LogP contribution is -2.50. The number of thiophene rings is 1. The van der Waals surface area contributed by atoms with Crippen LogP contribution >= 0.6 is 11.3 Å². The summed E-state index contributed by atoms with van der Waals surface area (Å²) in [6.07, 6.45) is -0.297. The molecule has 29 heavy (non-hydrogen) atoms. The highest BCUT2D eigenvalue weighted by Gasteiger charge is 2.32. The van der Waals surface area contributed by atoms with E-state index in [4.69, 9.17) is 4.74 Å². The molecule has 1 aliphatic rings. The van der Waals surface area contributed by atoms with Gasteiger partial charge in [-0.2, -0.15) is 5.53 Å². The van der Waals surface area contributed by atoms with Gasteiger partial charge >= 0.3 is 0 Å². The summed E-state index contributed by atoms with van der Waals surface area (Å²) < 4.78 is 5.81. The summed E-state index contributed by atoms with van der Waals surface area (Å²) in [5.74, 6) is 0.705. The van der Waals surface area contributed by atoms with Crippen molar-refractivity contribution in [1.82, 2.24) is 21.7 Å². The monoisotopic (exact) mass is 409 g/mol. The van der Waals surface area contributed by atoms with Crippen LogP contribution in [0.15, 0.2) is 72.1 Å². The maximum atomic E-state index is 12.5. The van der Waals surface area contributed by atoms with Crippen molar-refractivity contribution in [2.75, 3.05) is 5.32 Å². The van der Waals surface area contributed by atoms with E-state index in [0.717, 1.165) is 21.9 Å². The largest absolute Gasteiger partial charge is 0.489 e. The maximum absolute atomic E-state index is 12.5. The molecule has 2 heterocycles. The summed E-state index contributed by atoms with van der Waals surface area (Å²) in [4.78, 5) is 13.6. The van der Waals surface area contributed by atoms with E-state index in [1.54, 1.807) is 11.3 Å². The zero-order chi connectivity index (χ0) is 19.9. The minimum Gasteiger partial charge on any atom is -0.489 e. The van der Waals surface area contributed by atoms with E-state index in [9.17, 15) is 4.79 Å². The van der Waals surface area contributed by atoms with Crippen LogP contribution in [0.25, 0.3) is 0 Å². The third kappa shape index (κ3) is 5.33. The van der Waals surface area contributed by atoms with E-state index in [1.165, 1.54) is 0 Å². The Balaban J connectivity index is 1.29. The van der Waals surface area contributed by atoms with E-state index in [0.29, 0.717) is 13.2 Å². The van der Waals surface area contributed by atoms with Gasteiger partial charge in [-0.25, -0.2) is 10.9 Å². The van der Waals surface area contributed by atoms with Crippen LogP contribution in [-0.2, 0) is 17.9 Å². The zero-order valence-corrected chi connectivity index (χ0v) is 16.5. The van der Waals surface area contributed by atoms with Crippen molar-refractivity contribution < 1.29 is 9.53 Å². The number of benzene rings is 2. The summed E-state index contributed by atoms with van der Waals surface area (Å²) in [6.45, 7) is 1.05. The topological polar surface area (TPSA) is 86.5 Å². The smallest absolute Gasteiger partial charge is 0.242 e. The van der Waals surface area contributed by atoms with Crippen LogP contribution in [0.3, 0.4) is 0 Å². The molecule has 2 atom stereocenters. The van der Waals surface area contributed by atoms with Crippen molar-refractivity contribution in [1.29, 1.82) is 0 Å². The molecule has 0 spiro atoms. The molecular formula is C21H23N5O2S. The van der Waals surface area contributed by atoms with Crippen LogP contribution in [0, 0.1) is 0 Å². The maximum Gasteiger partial charge on any atom is 0.242 e. The minimum atomic E-state index is -0.455. The van der Waals surface area contributed by atoms with Gasteiger partial charge in [0.05, 0.1) is 6.54 Å². The van der Waals surface area contributed by atoms with Gasteiger partial charge in [0.15, 0.2) is 0 Å². The molecule has 1 aromatic heterocycles. The second-order valence-corrected chi connectivity index (χ2v) is 7.64. The third-order valence-corrected chi connectivity index (χ3v) is 5.39.